The van der Waals surface area contributed by atoms with Crippen molar-refractivity contribution in [2.75, 3.05) is 0 Å². The van der Waals surface area contributed by atoms with E-state index in [-0.39, 0.29) is 0 Å². The number of benzene rings is 1. The van der Waals surface area contributed by atoms with E-state index in [9.17, 15) is 5.11 Å². The zero-order valence-electron chi connectivity index (χ0n) is 13.0. The lowest BCUT2D eigenvalue weighted by molar-refractivity contribution is 0.0563. The van der Waals surface area contributed by atoms with Gasteiger partial charge in [0.25, 0.3) is 0 Å². The average molecular weight is 272 g/mol. The van der Waals surface area contributed by atoms with Gasteiger partial charge in [-0.2, -0.15) is 5.10 Å². The van der Waals surface area contributed by atoms with Gasteiger partial charge in [-0.3, -0.25) is 4.68 Å². The van der Waals surface area contributed by atoms with E-state index in [1.54, 1.807) is 0 Å². The Morgan fingerprint density at radius 1 is 1.20 bits per heavy atom. The first-order valence-electron chi connectivity index (χ1n) is 7.14. The van der Waals surface area contributed by atoms with Crippen LogP contribution in [0.4, 0.5) is 0 Å². The maximum atomic E-state index is 10.8. The summed E-state index contributed by atoms with van der Waals surface area (Å²) in [6.07, 6.45) is 2.49. The van der Waals surface area contributed by atoms with E-state index in [2.05, 4.69) is 44.9 Å². The van der Waals surface area contributed by atoms with Crippen molar-refractivity contribution >= 4 is 0 Å². The first kappa shape index (κ1) is 14.8. The Morgan fingerprint density at radius 3 is 2.45 bits per heavy atom. The van der Waals surface area contributed by atoms with Crippen LogP contribution in [0.2, 0.25) is 0 Å². The van der Waals surface area contributed by atoms with Crippen LogP contribution >= 0.6 is 0 Å². The number of hydrogen-bond acceptors (Lipinski definition) is 2. The largest absolute Gasteiger partial charge is 0.385 e. The summed E-state index contributed by atoms with van der Waals surface area (Å²) in [7, 11) is 0. The van der Waals surface area contributed by atoms with Crippen LogP contribution in [0.5, 0.6) is 0 Å². The van der Waals surface area contributed by atoms with Crippen LogP contribution in [0, 0.1) is 13.8 Å². The molecule has 0 spiro atoms. The molecule has 0 aliphatic carbocycles. The van der Waals surface area contributed by atoms with Gasteiger partial charge in [0.05, 0.1) is 11.3 Å². The molecule has 2 rings (SSSR count). The topological polar surface area (TPSA) is 38.0 Å². The zero-order valence-corrected chi connectivity index (χ0v) is 13.0. The second-order valence-corrected chi connectivity index (χ2v) is 6.13. The van der Waals surface area contributed by atoms with Gasteiger partial charge < -0.3 is 5.11 Å². The molecule has 1 atom stereocenters. The van der Waals surface area contributed by atoms with Gasteiger partial charge in [0.15, 0.2) is 0 Å². The lowest BCUT2D eigenvalue weighted by Crippen LogP contribution is -2.25. The van der Waals surface area contributed by atoms with Crippen LogP contribution in [0.25, 0.3) is 0 Å². The summed E-state index contributed by atoms with van der Waals surface area (Å²) in [5.74, 6) is 0. The van der Waals surface area contributed by atoms with Crippen LogP contribution in [-0.4, -0.2) is 14.9 Å². The minimum atomic E-state index is -0.894. The molecular formula is C17H24N2O. The smallest absolute Gasteiger partial charge is 0.0924 e. The van der Waals surface area contributed by atoms with Crippen LogP contribution in [0.15, 0.2) is 30.5 Å². The monoisotopic (exact) mass is 272 g/mol. The summed E-state index contributed by atoms with van der Waals surface area (Å²) in [6.45, 7) is 10.2. The SMILES string of the molecule is Cc1ccc(C(C)(O)Cc2ccn(C(C)C)n2)cc1C. The molecule has 0 amide bonds. The van der Waals surface area contributed by atoms with Crippen molar-refractivity contribution in [1.29, 1.82) is 0 Å². The van der Waals surface area contributed by atoms with Gasteiger partial charge in [-0.05, 0) is 57.4 Å². The fourth-order valence-corrected chi connectivity index (χ4v) is 2.29. The van der Waals surface area contributed by atoms with Crippen LogP contribution in [-0.2, 0) is 12.0 Å². The highest BCUT2D eigenvalue weighted by molar-refractivity contribution is 5.33. The third-order valence-corrected chi connectivity index (χ3v) is 3.85. The first-order valence-corrected chi connectivity index (χ1v) is 7.14. The van der Waals surface area contributed by atoms with Gasteiger partial charge in [-0.1, -0.05) is 18.2 Å². The molecule has 20 heavy (non-hydrogen) atoms. The van der Waals surface area contributed by atoms with Gasteiger partial charge in [-0.15, -0.1) is 0 Å². The predicted molar refractivity (Wildman–Crippen MR) is 81.8 cm³/mol. The molecule has 0 saturated heterocycles. The van der Waals surface area contributed by atoms with Gasteiger partial charge in [0.1, 0.15) is 0 Å². The summed E-state index contributed by atoms with van der Waals surface area (Å²) >= 11 is 0. The third kappa shape index (κ3) is 3.10. The summed E-state index contributed by atoms with van der Waals surface area (Å²) < 4.78 is 1.92. The van der Waals surface area contributed by atoms with Gasteiger partial charge >= 0.3 is 0 Å². The molecule has 0 aliphatic heterocycles. The Bertz CT molecular complexity index is 597. The Labute approximate surface area is 121 Å². The van der Waals surface area contributed by atoms with Gasteiger partial charge in [0, 0.05) is 18.7 Å². The highest BCUT2D eigenvalue weighted by Crippen LogP contribution is 2.26. The molecule has 0 radical (unpaired) electrons. The molecule has 0 saturated carbocycles. The lowest BCUT2D eigenvalue weighted by Gasteiger charge is -2.24. The predicted octanol–water partition coefficient (Wildman–Crippen LogP) is 3.53. The fourth-order valence-electron chi connectivity index (χ4n) is 2.29. The number of aromatic nitrogens is 2. The average Bonchev–Trinajstić information content (AvgIpc) is 2.80. The molecule has 3 heteroatoms. The number of aliphatic hydroxyl groups is 1. The number of rotatable bonds is 4. The molecule has 0 bridgehead atoms. The highest BCUT2D eigenvalue weighted by Gasteiger charge is 2.25. The lowest BCUT2D eigenvalue weighted by atomic mass is 9.89. The molecule has 1 aromatic heterocycles. The maximum absolute atomic E-state index is 10.8. The third-order valence-electron chi connectivity index (χ3n) is 3.85. The fraction of sp³-hybridized carbons (Fsp3) is 0.471. The molecule has 2 aromatic rings. The normalized spacial score (nSPS) is 14.6. The standard InChI is InChI=1S/C17H24N2O/c1-12(2)19-9-8-16(18-19)11-17(5,20)15-7-6-13(3)14(4)10-15/h6-10,12,20H,11H2,1-5H3. The van der Waals surface area contributed by atoms with Crippen molar-refractivity contribution in [1.82, 2.24) is 9.78 Å². The van der Waals surface area contributed by atoms with Crippen molar-refractivity contribution in [3.8, 4) is 0 Å². The van der Waals surface area contributed by atoms with Crippen LogP contribution in [0.1, 0.15) is 49.2 Å². The summed E-state index contributed by atoms with van der Waals surface area (Å²) in [6, 6.07) is 8.45. The Morgan fingerprint density at radius 2 is 1.90 bits per heavy atom. The van der Waals surface area contributed by atoms with Crippen LogP contribution < -0.4 is 0 Å². The second kappa shape index (κ2) is 5.41. The number of aryl methyl sites for hydroxylation is 2. The molecular weight excluding hydrogens is 248 g/mol. The Hall–Kier alpha value is -1.61. The van der Waals surface area contributed by atoms with E-state index in [0.717, 1.165) is 11.3 Å². The highest BCUT2D eigenvalue weighted by atomic mass is 16.3. The summed E-state index contributed by atoms with van der Waals surface area (Å²) in [5.41, 5.74) is 3.42. The van der Waals surface area contributed by atoms with E-state index in [1.165, 1.54) is 11.1 Å². The molecule has 1 unspecified atom stereocenters. The van der Waals surface area contributed by atoms with Crippen molar-refractivity contribution in [2.24, 2.45) is 0 Å². The van der Waals surface area contributed by atoms with Crippen molar-refractivity contribution < 1.29 is 5.11 Å². The van der Waals surface area contributed by atoms with E-state index in [0.29, 0.717) is 12.5 Å². The molecule has 0 fully saturated rings. The quantitative estimate of drug-likeness (QED) is 0.924. The van der Waals surface area contributed by atoms with Crippen LogP contribution in [0.3, 0.4) is 0 Å². The Balaban J connectivity index is 2.22. The number of nitrogens with zero attached hydrogens (tertiary/aromatic N) is 2. The molecule has 3 nitrogen and oxygen atoms in total. The Kier molecular flexibility index (Phi) is 4.00. The minimum Gasteiger partial charge on any atom is -0.385 e. The van der Waals surface area contributed by atoms with Crippen molar-refractivity contribution in [3.05, 3.63) is 52.8 Å². The maximum Gasteiger partial charge on any atom is 0.0924 e. The van der Waals surface area contributed by atoms with Crippen molar-refractivity contribution in [2.45, 2.75) is 52.7 Å². The molecule has 108 valence electrons. The van der Waals surface area contributed by atoms with E-state index < -0.39 is 5.60 Å². The second-order valence-electron chi connectivity index (χ2n) is 6.13. The summed E-state index contributed by atoms with van der Waals surface area (Å²) in [4.78, 5) is 0. The minimum absolute atomic E-state index is 0.343. The molecule has 0 aliphatic rings. The van der Waals surface area contributed by atoms with Gasteiger partial charge in [-0.25, -0.2) is 0 Å². The summed E-state index contributed by atoms with van der Waals surface area (Å²) in [5, 5.41) is 15.3. The van der Waals surface area contributed by atoms with E-state index >= 15 is 0 Å². The van der Waals surface area contributed by atoms with Gasteiger partial charge in [0.2, 0.25) is 0 Å². The zero-order chi connectivity index (χ0) is 14.9. The van der Waals surface area contributed by atoms with Crippen molar-refractivity contribution in [3.63, 3.8) is 0 Å². The number of hydrogen-bond donors (Lipinski definition) is 1. The van der Waals surface area contributed by atoms with E-state index in [1.807, 2.05) is 29.9 Å². The molecule has 1 aromatic carbocycles. The molecule has 1 heterocycles. The first-order chi connectivity index (χ1) is 9.29. The molecule has 1 N–H and O–H groups in total. The van der Waals surface area contributed by atoms with E-state index in [4.69, 9.17) is 0 Å².